The minimum absolute atomic E-state index is 0.00879. The van der Waals surface area contributed by atoms with Crippen molar-refractivity contribution < 1.29 is 9.47 Å². The monoisotopic (exact) mass is 275 g/mol. The van der Waals surface area contributed by atoms with Gasteiger partial charge in [-0.25, -0.2) is 0 Å². The van der Waals surface area contributed by atoms with Crippen molar-refractivity contribution in [2.75, 3.05) is 6.61 Å². The second-order valence-corrected chi connectivity index (χ2v) is 6.19. The number of hydrogen-bond donors (Lipinski definition) is 1. The first kappa shape index (κ1) is 13.7. The van der Waals surface area contributed by atoms with Crippen LogP contribution in [0.1, 0.15) is 39.0 Å². The Kier molecular flexibility index (Phi) is 4.16. The van der Waals surface area contributed by atoms with Crippen LogP contribution in [-0.2, 0) is 0 Å². The number of fused-ring (bicyclic) bond motifs is 1. The third-order valence-corrected chi connectivity index (χ3v) is 4.90. The average molecular weight is 275 g/mol. The van der Waals surface area contributed by atoms with Crippen LogP contribution in [0.5, 0.6) is 11.5 Å². The van der Waals surface area contributed by atoms with Crippen LogP contribution >= 0.6 is 0 Å². The lowest BCUT2D eigenvalue weighted by Crippen LogP contribution is -2.50. The molecular weight excluding hydrogens is 250 g/mol. The highest BCUT2D eigenvalue weighted by molar-refractivity contribution is 5.40. The molecule has 0 spiro atoms. The molecule has 1 aromatic carbocycles. The van der Waals surface area contributed by atoms with Crippen molar-refractivity contribution in [1.82, 2.24) is 0 Å². The molecule has 1 saturated carbocycles. The van der Waals surface area contributed by atoms with Crippen LogP contribution in [0, 0.1) is 11.8 Å². The molecule has 0 bridgehead atoms. The van der Waals surface area contributed by atoms with E-state index in [4.69, 9.17) is 15.2 Å². The summed E-state index contributed by atoms with van der Waals surface area (Å²) >= 11 is 0. The summed E-state index contributed by atoms with van der Waals surface area (Å²) < 4.78 is 11.9. The van der Waals surface area contributed by atoms with E-state index in [1.54, 1.807) is 0 Å². The highest BCUT2D eigenvalue weighted by atomic mass is 16.6. The summed E-state index contributed by atoms with van der Waals surface area (Å²) in [6, 6.07) is 7.94. The first-order valence-electron chi connectivity index (χ1n) is 7.92. The zero-order chi connectivity index (χ0) is 13.9. The van der Waals surface area contributed by atoms with E-state index in [1.165, 1.54) is 32.1 Å². The zero-order valence-electron chi connectivity index (χ0n) is 12.3. The number of hydrogen-bond acceptors (Lipinski definition) is 3. The second kappa shape index (κ2) is 6.04. The molecule has 3 heteroatoms. The highest BCUT2D eigenvalue weighted by Gasteiger charge is 2.34. The smallest absolute Gasteiger partial charge is 0.161 e. The van der Waals surface area contributed by atoms with E-state index in [2.05, 4.69) is 6.92 Å². The van der Waals surface area contributed by atoms with E-state index < -0.39 is 0 Å². The summed E-state index contributed by atoms with van der Waals surface area (Å²) in [4.78, 5) is 0. The van der Waals surface area contributed by atoms with Gasteiger partial charge in [-0.1, -0.05) is 38.3 Å². The van der Waals surface area contributed by atoms with Crippen molar-refractivity contribution in [3.8, 4) is 11.5 Å². The SMILES string of the molecule is CCC1CCCC(C(N)C2COc3ccccc3O2)C1. The van der Waals surface area contributed by atoms with Gasteiger partial charge in [0.15, 0.2) is 11.5 Å². The Morgan fingerprint density at radius 2 is 2.05 bits per heavy atom. The molecule has 1 aromatic rings. The minimum Gasteiger partial charge on any atom is -0.486 e. The molecule has 1 heterocycles. The predicted octanol–water partition coefficient (Wildman–Crippen LogP) is 3.37. The van der Waals surface area contributed by atoms with Gasteiger partial charge in [-0.2, -0.15) is 0 Å². The van der Waals surface area contributed by atoms with Gasteiger partial charge in [-0.3, -0.25) is 0 Å². The van der Waals surface area contributed by atoms with Crippen molar-refractivity contribution >= 4 is 0 Å². The lowest BCUT2D eigenvalue weighted by atomic mass is 9.76. The summed E-state index contributed by atoms with van der Waals surface area (Å²) in [5.74, 6) is 3.09. The highest BCUT2D eigenvalue weighted by Crippen LogP contribution is 2.36. The summed E-state index contributed by atoms with van der Waals surface area (Å²) in [6.07, 6.45) is 6.42. The Hall–Kier alpha value is -1.22. The van der Waals surface area contributed by atoms with Crippen LogP contribution in [0.4, 0.5) is 0 Å². The molecule has 0 aromatic heterocycles. The Balaban J connectivity index is 1.65. The number of benzene rings is 1. The van der Waals surface area contributed by atoms with Crippen molar-refractivity contribution in [3.05, 3.63) is 24.3 Å². The van der Waals surface area contributed by atoms with Crippen LogP contribution < -0.4 is 15.2 Å². The second-order valence-electron chi connectivity index (χ2n) is 6.19. The third kappa shape index (κ3) is 2.78. The topological polar surface area (TPSA) is 44.5 Å². The van der Waals surface area contributed by atoms with E-state index in [9.17, 15) is 0 Å². The molecule has 2 aliphatic rings. The standard InChI is InChI=1S/C17H25NO2/c1-2-12-6-5-7-13(10-12)17(18)16-11-19-14-8-3-4-9-15(14)20-16/h3-4,8-9,12-13,16-17H,2,5-7,10-11,18H2,1H3. The molecule has 4 unspecified atom stereocenters. The van der Waals surface area contributed by atoms with Crippen LogP contribution in [0.15, 0.2) is 24.3 Å². The minimum atomic E-state index is -0.00879. The van der Waals surface area contributed by atoms with Crippen LogP contribution in [0.25, 0.3) is 0 Å². The molecule has 1 aliphatic carbocycles. The molecule has 1 aliphatic heterocycles. The lowest BCUT2D eigenvalue weighted by Gasteiger charge is -2.38. The third-order valence-electron chi connectivity index (χ3n) is 4.90. The summed E-state index contributed by atoms with van der Waals surface area (Å²) in [5, 5.41) is 0. The number of para-hydroxylation sites is 2. The van der Waals surface area contributed by atoms with E-state index in [0.29, 0.717) is 12.5 Å². The van der Waals surface area contributed by atoms with E-state index in [1.807, 2.05) is 24.3 Å². The molecule has 2 N–H and O–H groups in total. The fourth-order valence-electron chi connectivity index (χ4n) is 3.58. The van der Waals surface area contributed by atoms with E-state index >= 15 is 0 Å². The predicted molar refractivity (Wildman–Crippen MR) is 80.1 cm³/mol. The molecule has 3 rings (SSSR count). The first-order chi connectivity index (χ1) is 9.78. The van der Waals surface area contributed by atoms with Gasteiger partial charge in [0.05, 0.1) is 0 Å². The van der Waals surface area contributed by atoms with Gasteiger partial charge >= 0.3 is 0 Å². The maximum Gasteiger partial charge on any atom is 0.161 e. The molecular formula is C17H25NO2. The molecule has 3 nitrogen and oxygen atoms in total. The Labute approximate surface area is 121 Å². The summed E-state index contributed by atoms with van der Waals surface area (Å²) in [7, 11) is 0. The van der Waals surface area contributed by atoms with Gasteiger partial charge in [-0.05, 0) is 36.8 Å². The van der Waals surface area contributed by atoms with Gasteiger partial charge in [0.1, 0.15) is 12.7 Å². The number of rotatable bonds is 3. The van der Waals surface area contributed by atoms with Crippen molar-refractivity contribution in [3.63, 3.8) is 0 Å². The molecule has 20 heavy (non-hydrogen) atoms. The molecule has 4 atom stereocenters. The van der Waals surface area contributed by atoms with Gasteiger partial charge < -0.3 is 15.2 Å². The average Bonchev–Trinajstić information content (AvgIpc) is 2.53. The zero-order valence-corrected chi connectivity index (χ0v) is 12.3. The van der Waals surface area contributed by atoms with Crippen molar-refractivity contribution in [2.45, 2.75) is 51.2 Å². The van der Waals surface area contributed by atoms with Crippen molar-refractivity contribution in [1.29, 1.82) is 0 Å². The molecule has 0 saturated heterocycles. The molecule has 0 amide bonds. The van der Waals surface area contributed by atoms with Crippen LogP contribution in [-0.4, -0.2) is 18.8 Å². The molecule has 1 fully saturated rings. The van der Waals surface area contributed by atoms with Crippen LogP contribution in [0.3, 0.4) is 0 Å². The van der Waals surface area contributed by atoms with E-state index in [0.717, 1.165) is 17.4 Å². The molecule has 110 valence electrons. The Morgan fingerprint density at radius 3 is 2.85 bits per heavy atom. The number of ether oxygens (including phenoxy) is 2. The fraction of sp³-hybridized carbons (Fsp3) is 0.647. The maximum absolute atomic E-state index is 6.49. The fourth-order valence-corrected chi connectivity index (χ4v) is 3.58. The largest absolute Gasteiger partial charge is 0.486 e. The lowest BCUT2D eigenvalue weighted by molar-refractivity contribution is 0.0447. The van der Waals surface area contributed by atoms with Gasteiger partial charge in [0.25, 0.3) is 0 Å². The van der Waals surface area contributed by atoms with Gasteiger partial charge in [0.2, 0.25) is 0 Å². The molecule has 0 radical (unpaired) electrons. The maximum atomic E-state index is 6.49. The Bertz CT molecular complexity index is 448. The summed E-state index contributed by atoms with van der Waals surface area (Å²) in [5.41, 5.74) is 6.49. The van der Waals surface area contributed by atoms with Crippen LogP contribution in [0.2, 0.25) is 0 Å². The van der Waals surface area contributed by atoms with Gasteiger partial charge in [-0.15, -0.1) is 0 Å². The van der Waals surface area contributed by atoms with Crippen molar-refractivity contribution in [2.24, 2.45) is 17.6 Å². The normalized spacial score (nSPS) is 30.8. The quantitative estimate of drug-likeness (QED) is 0.920. The van der Waals surface area contributed by atoms with Gasteiger partial charge in [0, 0.05) is 6.04 Å². The number of nitrogens with two attached hydrogens (primary N) is 1. The Morgan fingerprint density at radius 1 is 1.25 bits per heavy atom. The summed E-state index contributed by atoms with van der Waals surface area (Å²) in [6.45, 7) is 2.86. The van der Waals surface area contributed by atoms with E-state index in [-0.39, 0.29) is 12.1 Å². The first-order valence-corrected chi connectivity index (χ1v) is 7.92.